The summed E-state index contributed by atoms with van der Waals surface area (Å²) >= 11 is 0. The van der Waals surface area contributed by atoms with Crippen molar-refractivity contribution >= 4 is 27.5 Å². The van der Waals surface area contributed by atoms with Gasteiger partial charge in [0.05, 0.1) is 24.8 Å². The van der Waals surface area contributed by atoms with Crippen molar-refractivity contribution in [3.05, 3.63) is 120 Å². The normalized spacial score (nSPS) is 14.0. The minimum Gasteiger partial charge on any atom is -0.497 e. The van der Waals surface area contributed by atoms with Gasteiger partial charge >= 0.3 is 0 Å². The third-order valence-electron chi connectivity index (χ3n) is 8.68. The number of carbonyl (C=O) groups is 2. The summed E-state index contributed by atoms with van der Waals surface area (Å²) in [5.74, 6) is -0.163. The van der Waals surface area contributed by atoms with Crippen LogP contribution in [0.4, 0.5) is 5.69 Å². The molecule has 0 bridgehead atoms. The van der Waals surface area contributed by atoms with E-state index < -0.39 is 28.5 Å². The Labute approximate surface area is 283 Å². The van der Waals surface area contributed by atoms with E-state index in [1.54, 1.807) is 30.3 Å². The van der Waals surface area contributed by atoms with Crippen molar-refractivity contribution in [2.75, 3.05) is 25.1 Å². The van der Waals surface area contributed by atoms with Gasteiger partial charge in [-0.15, -0.1) is 0 Å². The van der Waals surface area contributed by atoms with Gasteiger partial charge in [-0.3, -0.25) is 13.9 Å². The zero-order valence-electron chi connectivity index (χ0n) is 27.5. The first kappa shape index (κ1) is 34.5. The summed E-state index contributed by atoms with van der Waals surface area (Å²) in [6, 6.07) is 30.8. The summed E-state index contributed by atoms with van der Waals surface area (Å²) in [4.78, 5) is 30.5. The molecule has 5 rings (SSSR count). The number of hydrogen-bond donors (Lipinski definition) is 1. The first-order chi connectivity index (χ1) is 23.3. The SMILES string of the molecule is COc1ccc(OC)c(N(CC(=O)N(Cc2ccccc2)[C@H](Cc2ccccc2)C(=O)NC2CCCCC2)S(=O)(=O)c2ccccc2)c1. The minimum absolute atomic E-state index is 0.00756. The Balaban J connectivity index is 1.59. The number of ether oxygens (including phenoxy) is 2. The Kier molecular flexibility index (Phi) is 11.7. The Hall–Kier alpha value is -4.83. The maximum absolute atomic E-state index is 14.8. The van der Waals surface area contributed by atoms with Crippen LogP contribution < -0.4 is 19.1 Å². The molecule has 0 spiro atoms. The fourth-order valence-corrected chi connectivity index (χ4v) is 7.54. The smallest absolute Gasteiger partial charge is 0.264 e. The topological polar surface area (TPSA) is 105 Å². The molecule has 0 aliphatic heterocycles. The van der Waals surface area contributed by atoms with Gasteiger partial charge in [-0.2, -0.15) is 0 Å². The Morgan fingerprint density at radius 1 is 0.792 bits per heavy atom. The largest absolute Gasteiger partial charge is 0.497 e. The molecular weight excluding hydrogens is 627 g/mol. The molecule has 48 heavy (non-hydrogen) atoms. The average Bonchev–Trinajstić information content (AvgIpc) is 3.13. The third-order valence-corrected chi connectivity index (χ3v) is 10.5. The second-order valence-corrected chi connectivity index (χ2v) is 13.8. The van der Waals surface area contributed by atoms with Crippen LogP contribution >= 0.6 is 0 Å². The summed E-state index contributed by atoms with van der Waals surface area (Å²) < 4.78 is 40.8. The monoisotopic (exact) mass is 669 g/mol. The van der Waals surface area contributed by atoms with Crippen LogP contribution in [-0.4, -0.2) is 58.0 Å². The van der Waals surface area contributed by atoms with E-state index in [1.807, 2.05) is 60.7 Å². The van der Waals surface area contributed by atoms with Gasteiger partial charge in [0.1, 0.15) is 24.1 Å². The van der Waals surface area contributed by atoms with E-state index in [0.29, 0.717) is 5.75 Å². The van der Waals surface area contributed by atoms with Crippen LogP contribution in [0, 0.1) is 0 Å². The third kappa shape index (κ3) is 8.55. The molecule has 1 N–H and O–H groups in total. The molecule has 9 nitrogen and oxygen atoms in total. The first-order valence-electron chi connectivity index (χ1n) is 16.3. The van der Waals surface area contributed by atoms with Crippen molar-refractivity contribution in [1.82, 2.24) is 10.2 Å². The predicted molar refractivity (Wildman–Crippen MR) is 186 cm³/mol. The van der Waals surface area contributed by atoms with Crippen molar-refractivity contribution in [1.29, 1.82) is 0 Å². The summed E-state index contributed by atoms with van der Waals surface area (Å²) in [5, 5.41) is 3.23. The van der Waals surface area contributed by atoms with E-state index in [1.165, 1.54) is 37.3 Å². The number of benzene rings is 4. The number of nitrogens with zero attached hydrogens (tertiary/aromatic N) is 2. The fourth-order valence-electron chi connectivity index (χ4n) is 6.10. The zero-order chi connectivity index (χ0) is 33.9. The Bertz CT molecular complexity index is 1750. The van der Waals surface area contributed by atoms with Crippen molar-refractivity contribution in [2.24, 2.45) is 0 Å². The number of anilines is 1. The zero-order valence-corrected chi connectivity index (χ0v) is 28.3. The van der Waals surface area contributed by atoms with Crippen molar-refractivity contribution < 1.29 is 27.5 Å². The summed E-state index contributed by atoms with van der Waals surface area (Å²) in [7, 11) is -1.37. The molecule has 0 saturated heterocycles. The van der Waals surface area contributed by atoms with E-state index in [4.69, 9.17) is 9.47 Å². The van der Waals surface area contributed by atoms with Crippen molar-refractivity contribution in [3.63, 3.8) is 0 Å². The van der Waals surface area contributed by atoms with Crippen molar-refractivity contribution in [2.45, 2.75) is 62.0 Å². The van der Waals surface area contributed by atoms with Crippen LogP contribution in [0.1, 0.15) is 43.2 Å². The number of amides is 2. The fraction of sp³-hybridized carbons (Fsp3) is 0.316. The molecule has 0 unspecified atom stereocenters. The van der Waals surface area contributed by atoms with Gasteiger partial charge in [-0.25, -0.2) is 8.42 Å². The molecule has 4 aromatic rings. The number of sulfonamides is 1. The van der Waals surface area contributed by atoms with Gasteiger partial charge in [0.2, 0.25) is 11.8 Å². The molecule has 1 fully saturated rings. The highest BCUT2D eigenvalue weighted by atomic mass is 32.2. The molecule has 252 valence electrons. The van der Waals surface area contributed by atoms with Gasteiger partial charge in [0.25, 0.3) is 10.0 Å². The predicted octanol–water partition coefficient (Wildman–Crippen LogP) is 5.99. The van der Waals surface area contributed by atoms with Crippen LogP contribution in [0.2, 0.25) is 0 Å². The van der Waals surface area contributed by atoms with Crippen LogP contribution in [0.3, 0.4) is 0 Å². The maximum atomic E-state index is 14.8. The van der Waals surface area contributed by atoms with E-state index in [2.05, 4.69) is 5.32 Å². The first-order valence-corrected chi connectivity index (χ1v) is 17.7. The van der Waals surface area contributed by atoms with Gasteiger partial charge < -0.3 is 19.7 Å². The lowest BCUT2D eigenvalue weighted by Gasteiger charge is -2.35. The summed E-state index contributed by atoms with van der Waals surface area (Å²) in [6.07, 6.45) is 5.24. The van der Waals surface area contributed by atoms with E-state index >= 15 is 0 Å². The molecule has 10 heteroatoms. The average molecular weight is 670 g/mol. The second-order valence-electron chi connectivity index (χ2n) is 11.9. The van der Waals surface area contributed by atoms with Crippen LogP contribution in [0.15, 0.2) is 114 Å². The molecular formula is C38H43N3O6S. The van der Waals surface area contributed by atoms with Gasteiger partial charge in [0, 0.05) is 25.1 Å². The van der Waals surface area contributed by atoms with E-state index in [9.17, 15) is 18.0 Å². The van der Waals surface area contributed by atoms with Gasteiger partial charge in [-0.1, -0.05) is 98.1 Å². The lowest BCUT2D eigenvalue weighted by atomic mass is 9.94. The molecule has 1 saturated carbocycles. The van der Waals surface area contributed by atoms with E-state index in [0.717, 1.165) is 47.5 Å². The summed E-state index contributed by atoms with van der Waals surface area (Å²) in [6.45, 7) is -0.487. The Morgan fingerprint density at radius 2 is 1.40 bits per heavy atom. The number of methoxy groups -OCH3 is 2. The number of nitrogens with one attached hydrogen (secondary N) is 1. The van der Waals surface area contributed by atoms with E-state index in [-0.39, 0.29) is 41.2 Å². The molecule has 2 amide bonds. The lowest BCUT2D eigenvalue weighted by Crippen LogP contribution is -2.55. The lowest BCUT2D eigenvalue weighted by molar-refractivity contribution is -0.140. The molecule has 4 aromatic carbocycles. The highest BCUT2D eigenvalue weighted by Crippen LogP contribution is 2.36. The molecule has 1 aliphatic rings. The summed E-state index contributed by atoms with van der Waals surface area (Å²) in [5.41, 5.74) is 1.83. The quantitative estimate of drug-likeness (QED) is 0.177. The molecule has 0 heterocycles. The minimum atomic E-state index is -4.29. The highest BCUT2D eigenvalue weighted by molar-refractivity contribution is 7.92. The number of carbonyl (C=O) groups excluding carboxylic acids is 2. The molecule has 1 aliphatic carbocycles. The van der Waals surface area contributed by atoms with Crippen LogP contribution in [-0.2, 0) is 32.6 Å². The maximum Gasteiger partial charge on any atom is 0.264 e. The van der Waals surface area contributed by atoms with Crippen LogP contribution in [0.5, 0.6) is 11.5 Å². The van der Waals surface area contributed by atoms with Crippen LogP contribution in [0.25, 0.3) is 0 Å². The second kappa shape index (κ2) is 16.3. The molecule has 0 aromatic heterocycles. The van der Waals surface area contributed by atoms with Crippen molar-refractivity contribution in [3.8, 4) is 11.5 Å². The standard InChI is InChI=1S/C38H43N3O6S/c1-46-32-23-24-36(47-2)34(26-32)41(48(44,45)33-21-13-6-14-22-33)28-37(42)40(27-30-17-9-4-10-18-30)35(25-29-15-7-3-8-16-29)38(43)39-31-19-11-5-12-20-31/h3-4,6-10,13-18,21-24,26,31,35H,5,11-12,19-20,25,27-28H2,1-2H3,(H,39,43)/t35-/m1/s1. The van der Waals surface area contributed by atoms with Gasteiger partial charge in [0.15, 0.2) is 0 Å². The molecule has 1 atom stereocenters. The number of hydrogen-bond acceptors (Lipinski definition) is 6. The Morgan fingerprint density at radius 3 is 2.00 bits per heavy atom. The number of rotatable bonds is 14. The highest BCUT2D eigenvalue weighted by Gasteiger charge is 2.36. The molecule has 0 radical (unpaired) electrons. The van der Waals surface area contributed by atoms with Gasteiger partial charge in [-0.05, 0) is 48.2 Å².